The average Bonchev–Trinajstić information content (AvgIpc) is 3.21. The third-order valence-electron chi connectivity index (χ3n) is 4.97. The molecule has 0 saturated heterocycles. The van der Waals surface area contributed by atoms with Crippen LogP contribution in [0.1, 0.15) is 35.7 Å². The van der Waals surface area contributed by atoms with Crippen molar-refractivity contribution >= 4 is 51.6 Å². The van der Waals surface area contributed by atoms with Crippen molar-refractivity contribution in [2.45, 2.75) is 26.2 Å². The number of halogens is 1. The predicted molar refractivity (Wildman–Crippen MR) is 133 cm³/mol. The van der Waals surface area contributed by atoms with Crippen LogP contribution in [-0.4, -0.2) is 26.0 Å². The van der Waals surface area contributed by atoms with Gasteiger partial charge in [0, 0.05) is 5.56 Å². The smallest absolute Gasteiger partial charge is 0.257 e. The van der Waals surface area contributed by atoms with Gasteiger partial charge >= 0.3 is 0 Å². The zero-order valence-corrected chi connectivity index (χ0v) is 19.1. The van der Waals surface area contributed by atoms with Crippen molar-refractivity contribution in [1.82, 2.24) is 20.3 Å². The molecule has 0 saturated carbocycles. The number of benzene rings is 3. The molecule has 0 aliphatic heterocycles. The number of aromatic nitrogens is 3. The fourth-order valence-corrected chi connectivity index (χ4v) is 3.65. The first-order chi connectivity index (χ1) is 15.5. The lowest BCUT2D eigenvalue weighted by Crippen LogP contribution is -2.34. The molecule has 1 amide bonds. The van der Waals surface area contributed by atoms with E-state index in [-0.39, 0.29) is 11.0 Å². The van der Waals surface area contributed by atoms with Gasteiger partial charge in [-0.3, -0.25) is 10.1 Å². The Balaban J connectivity index is 1.50. The monoisotopic (exact) mass is 463 g/mol. The van der Waals surface area contributed by atoms with Crippen LogP contribution >= 0.6 is 23.8 Å². The van der Waals surface area contributed by atoms with Gasteiger partial charge < -0.3 is 5.32 Å². The molecule has 6 nitrogen and oxygen atoms in total. The van der Waals surface area contributed by atoms with Crippen LogP contribution in [0, 0.1) is 0 Å². The quantitative estimate of drug-likeness (QED) is 0.367. The molecule has 0 bridgehead atoms. The molecule has 32 heavy (non-hydrogen) atoms. The summed E-state index contributed by atoms with van der Waals surface area (Å²) in [4.78, 5) is 13.9. The molecule has 3 aromatic carbocycles. The molecule has 1 heterocycles. The first-order valence-electron chi connectivity index (χ1n) is 10.4. The van der Waals surface area contributed by atoms with Crippen LogP contribution in [0.2, 0.25) is 5.02 Å². The molecule has 0 aliphatic carbocycles. The highest BCUT2D eigenvalue weighted by Gasteiger charge is 2.12. The fraction of sp³-hybridized carbons (Fsp3) is 0.167. The van der Waals surface area contributed by atoms with Crippen molar-refractivity contribution in [1.29, 1.82) is 0 Å². The van der Waals surface area contributed by atoms with E-state index in [1.54, 1.807) is 41.2 Å². The number of unbranched alkanes of at least 4 members (excludes halogenated alkanes) is 1. The number of fused-ring (bicyclic) bond motifs is 1. The van der Waals surface area contributed by atoms with Gasteiger partial charge in [0.25, 0.3) is 5.91 Å². The highest BCUT2D eigenvalue weighted by Crippen LogP contribution is 2.27. The van der Waals surface area contributed by atoms with E-state index in [9.17, 15) is 4.79 Å². The van der Waals surface area contributed by atoms with Crippen molar-refractivity contribution in [2.24, 2.45) is 0 Å². The molecular weight excluding hydrogens is 442 g/mol. The summed E-state index contributed by atoms with van der Waals surface area (Å²) in [5.74, 6) is -0.298. The van der Waals surface area contributed by atoms with Crippen molar-refractivity contribution < 1.29 is 4.79 Å². The molecule has 0 radical (unpaired) electrons. The molecule has 0 spiro atoms. The van der Waals surface area contributed by atoms with Gasteiger partial charge in [-0.05, 0) is 67.0 Å². The van der Waals surface area contributed by atoms with Gasteiger partial charge in [-0.1, -0.05) is 55.3 Å². The Morgan fingerprint density at radius 2 is 1.72 bits per heavy atom. The molecule has 162 valence electrons. The Morgan fingerprint density at radius 3 is 2.41 bits per heavy atom. The topological polar surface area (TPSA) is 71.8 Å². The zero-order valence-electron chi connectivity index (χ0n) is 17.5. The highest BCUT2D eigenvalue weighted by molar-refractivity contribution is 7.80. The molecule has 4 rings (SSSR count). The first-order valence-corrected chi connectivity index (χ1v) is 11.2. The van der Waals surface area contributed by atoms with E-state index in [2.05, 4.69) is 39.9 Å². The second kappa shape index (κ2) is 9.89. The lowest BCUT2D eigenvalue weighted by atomic mass is 10.1. The Labute approximate surface area is 196 Å². The number of hydrogen-bond donors (Lipinski definition) is 2. The summed E-state index contributed by atoms with van der Waals surface area (Å²) in [6, 6.07) is 20.6. The number of rotatable bonds is 6. The number of nitrogens with one attached hydrogen (secondary N) is 2. The van der Waals surface area contributed by atoms with Crippen molar-refractivity contribution in [3.63, 3.8) is 0 Å². The van der Waals surface area contributed by atoms with Crippen LogP contribution in [0.3, 0.4) is 0 Å². The molecular formula is C24H22ClN5OS. The minimum atomic E-state index is -0.298. The van der Waals surface area contributed by atoms with Crippen molar-refractivity contribution in [2.75, 3.05) is 5.32 Å². The minimum Gasteiger partial charge on any atom is -0.331 e. The maximum Gasteiger partial charge on any atom is 0.257 e. The first kappa shape index (κ1) is 21.9. The summed E-state index contributed by atoms with van der Waals surface area (Å²) in [6.07, 6.45) is 3.41. The van der Waals surface area contributed by atoms with Crippen molar-refractivity contribution in [3.05, 3.63) is 82.9 Å². The predicted octanol–water partition coefficient (Wildman–Crippen LogP) is 5.54. The summed E-state index contributed by atoms with van der Waals surface area (Å²) < 4.78 is 0. The summed E-state index contributed by atoms with van der Waals surface area (Å²) in [5, 5.41) is 15.3. The van der Waals surface area contributed by atoms with Crippen LogP contribution in [0.15, 0.2) is 66.7 Å². The number of amides is 1. The van der Waals surface area contributed by atoms with Gasteiger partial charge in [0.2, 0.25) is 0 Å². The number of hydrogen-bond acceptors (Lipinski definition) is 4. The molecule has 2 N–H and O–H groups in total. The van der Waals surface area contributed by atoms with Crippen LogP contribution < -0.4 is 10.6 Å². The molecule has 0 atom stereocenters. The lowest BCUT2D eigenvalue weighted by Gasteiger charge is -2.10. The number of carbonyl (C=O) groups is 1. The highest BCUT2D eigenvalue weighted by atomic mass is 35.5. The Bertz CT molecular complexity index is 1250. The third kappa shape index (κ3) is 5.12. The molecule has 4 aromatic rings. The summed E-state index contributed by atoms with van der Waals surface area (Å²) in [5.41, 5.74) is 4.55. The number of aryl methyl sites for hydroxylation is 1. The summed E-state index contributed by atoms with van der Waals surface area (Å²) >= 11 is 11.7. The normalized spacial score (nSPS) is 10.8. The average molecular weight is 464 g/mol. The summed E-state index contributed by atoms with van der Waals surface area (Å²) in [7, 11) is 0. The minimum absolute atomic E-state index is 0.148. The maximum absolute atomic E-state index is 12.3. The standard InChI is InChI=1S/C24H22ClN5OS/c1-2-3-7-16-10-12-18(13-11-16)30-28-21-14-19(25)20(15-22(21)29-30)26-24(32)27-23(31)17-8-5-4-6-9-17/h4-6,8-15H,2-3,7H2,1H3,(H2,26,27,31,32). The molecule has 1 aromatic heterocycles. The Morgan fingerprint density at radius 1 is 1.03 bits per heavy atom. The largest absolute Gasteiger partial charge is 0.331 e. The van der Waals surface area contributed by atoms with E-state index in [1.807, 2.05) is 18.2 Å². The van der Waals surface area contributed by atoms with Gasteiger partial charge in [0.15, 0.2) is 5.11 Å². The Kier molecular flexibility index (Phi) is 6.78. The number of thiocarbonyl (C=S) groups is 1. The SMILES string of the molecule is CCCCc1ccc(-n2nc3cc(Cl)c(NC(=S)NC(=O)c4ccccc4)cc3n2)cc1. The Hall–Kier alpha value is -3.29. The van der Waals surface area contributed by atoms with E-state index < -0.39 is 0 Å². The van der Waals surface area contributed by atoms with Gasteiger partial charge in [-0.2, -0.15) is 4.80 Å². The van der Waals surface area contributed by atoms with Crippen molar-refractivity contribution in [3.8, 4) is 5.69 Å². The zero-order chi connectivity index (χ0) is 22.5. The number of carbonyl (C=O) groups excluding carboxylic acids is 1. The third-order valence-corrected chi connectivity index (χ3v) is 5.48. The van der Waals surface area contributed by atoms with Gasteiger partial charge in [0.1, 0.15) is 11.0 Å². The van der Waals surface area contributed by atoms with E-state index in [0.717, 1.165) is 12.1 Å². The van der Waals surface area contributed by atoms with Crippen LogP contribution in [-0.2, 0) is 6.42 Å². The van der Waals surface area contributed by atoms with E-state index in [0.29, 0.717) is 27.3 Å². The number of anilines is 1. The fourth-order valence-electron chi connectivity index (χ4n) is 3.24. The van der Waals surface area contributed by atoms with E-state index >= 15 is 0 Å². The van der Waals surface area contributed by atoms with Crippen LogP contribution in [0.25, 0.3) is 16.7 Å². The van der Waals surface area contributed by atoms with Gasteiger partial charge in [-0.25, -0.2) is 0 Å². The van der Waals surface area contributed by atoms with Gasteiger partial charge in [0.05, 0.1) is 16.4 Å². The van der Waals surface area contributed by atoms with Crippen LogP contribution in [0.5, 0.6) is 0 Å². The second-order valence-electron chi connectivity index (χ2n) is 7.35. The molecule has 0 unspecified atom stereocenters. The van der Waals surface area contributed by atoms with Gasteiger partial charge in [-0.15, -0.1) is 10.2 Å². The molecule has 0 aliphatic rings. The summed E-state index contributed by atoms with van der Waals surface area (Å²) in [6.45, 7) is 2.19. The molecule has 8 heteroatoms. The lowest BCUT2D eigenvalue weighted by molar-refractivity contribution is 0.0977. The van der Waals surface area contributed by atoms with Crippen LogP contribution in [0.4, 0.5) is 5.69 Å². The second-order valence-corrected chi connectivity index (χ2v) is 8.17. The van der Waals surface area contributed by atoms with E-state index in [4.69, 9.17) is 23.8 Å². The number of nitrogens with zero attached hydrogens (tertiary/aromatic N) is 3. The molecule has 0 fully saturated rings. The maximum atomic E-state index is 12.3. The van der Waals surface area contributed by atoms with E-state index in [1.165, 1.54) is 18.4 Å².